The number of hydrogen-bond donors (Lipinski definition) is 3. The monoisotopic (exact) mass is 497 g/mol. The summed E-state index contributed by atoms with van der Waals surface area (Å²) in [6.45, 7) is 6.03. The summed E-state index contributed by atoms with van der Waals surface area (Å²) in [5.41, 5.74) is 3.07. The highest BCUT2D eigenvalue weighted by atomic mass is 16.3. The summed E-state index contributed by atoms with van der Waals surface area (Å²) in [4.78, 5) is 40.3. The van der Waals surface area contributed by atoms with Crippen molar-refractivity contribution in [2.75, 3.05) is 11.5 Å². The van der Waals surface area contributed by atoms with Gasteiger partial charge in [0, 0.05) is 23.6 Å². The van der Waals surface area contributed by atoms with Gasteiger partial charge in [0.2, 0.25) is 5.91 Å². The summed E-state index contributed by atoms with van der Waals surface area (Å²) in [6.07, 6.45) is 6.03. The molecule has 0 aliphatic heterocycles. The fourth-order valence-corrected chi connectivity index (χ4v) is 4.13. The number of carbonyl (C=O) groups excluding carboxylic acids is 2. The zero-order valence-corrected chi connectivity index (χ0v) is 21.1. The first-order chi connectivity index (χ1) is 17.8. The van der Waals surface area contributed by atoms with Gasteiger partial charge in [-0.3, -0.25) is 19.5 Å². The molecule has 2 atom stereocenters. The number of benzene rings is 2. The number of H-pyrrole nitrogens is 1. The van der Waals surface area contributed by atoms with E-state index in [9.17, 15) is 14.7 Å². The smallest absolute Gasteiger partial charge is 0.277 e. The standard InChI is InChI=1S/C29H31N5O3/c1-29(2,3)22-11-13-23(14-12-22)34(28(37)24-17-31-19-32-24)26(21-10-7-15-30-16-21)27(36)33-25(18-35)20-8-5-4-6-9-20/h4-17,19,25-26,35H,18H2,1-3H3,(H,31,32)(H,33,36)/t25-,26?/m0/s1. The van der Waals surface area contributed by atoms with Gasteiger partial charge in [0.15, 0.2) is 0 Å². The van der Waals surface area contributed by atoms with Crippen LogP contribution in [0.5, 0.6) is 0 Å². The minimum atomic E-state index is -1.07. The second kappa shape index (κ2) is 11.2. The zero-order valence-electron chi connectivity index (χ0n) is 21.1. The van der Waals surface area contributed by atoms with E-state index in [2.05, 4.69) is 41.0 Å². The average Bonchev–Trinajstić information content (AvgIpc) is 3.46. The van der Waals surface area contributed by atoms with Gasteiger partial charge in [-0.05, 0) is 34.7 Å². The molecule has 37 heavy (non-hydrogen) atoms. The molecule has 0 saturated carbocycles. The molecule has 0 fully saturated rings. The number of nitrogens with zero attached hydrogens (tertiary/aromatic N) is 3. The van der Waals surface area contributed by atoms with E-state index < -0.39 is 23.9 Å². The summed E-state index contributed by atoms with van der Waals surface area (Å²) in [5.74, 6) is -0.881. The van der Waals surface area contributed by atoms with Gasteiger partial charge in [0.1, 0.15) is 11.7 Å². The van der Waals surface area contributed by atoms with Crippen LogP contribution in [-0.4, -0.2) is 38.5 Å². The number of imidazole rings is 1. The Hall–Kier alpha value is -4.30. The first-order valence-corrected chi connectivity index (χ1v) is 12.1. The van der Waals surface area contributed by atoms with E-state index in [1.54, 1.807) is 24.5 Å². The highest BCUT2D eigenvalue weighted by Crippen LogP contribution is 2.32. The predicted molar refractivity (Wildman–Crippen MR) is 142 cm³/mol. The Kier molecular flexibility index (Phi) is 7.79. The van der Waals surface area contributed by atoms with E-state index in [1.165, 1.54) is 17.4 Å². The molecule has 0 spiro atoms. The van der Waals surface area contributed by atoms with E-state index >= 15 is 0 Å². The molecular formula is C29H31N5O3. The fourth-order valence-electron chi connectivity index (χ4n) is 4.13. The SMILES string of the molecule is CC(C)(C)c1ccc(N(C(=O)c2cnc[nH]2)C(C(=O)N[C@@H](CO)c2ccccc2)c2cccnc2)cc1. The maximum Gasteiger partial charge on any atom is 0.277 e. The fraction of sp³-hybridized carbons (Fsp3) is 0.241. The first-order valence-electron chi connectivity index (χ1n) is 12.1. The van der Waals surface area contributed by atoms with Crippen LogP contribution in [-0.2, 0) is 10.2 Å². The molecule has 8 heteroatoms. The van der Waals surface area contributed by atoms with Gasteiger partial charge in [-0.1, -0.05) is 69.3 Å². The molecule has 2 heterocycles. The van der Waals surface area contributed by atoms with Crippen molar-refractivity contribution in [3.63, 3.8) is 0 Å². The van der Waals surface area contributed by atoms with Crippen molar-refractivity contribution in [2.24, 2.45) is 0 Å². The lowest BCUT2D eigenvalue weighted by Gasteiger charge is -2.32. The van der Waals surface area contributed by atoms with E-state index in [4.69, 9.17) is 0 Å². The van der Waals surface area contributed by atoms with E-state index in [1.807, 2.05) is 54.6 Å². The van der Waals surface area contributed by atoms with Crippen LogP contribution >= 0.6 is 0 Å². The molecule has 190 valence electrons. The number of rotatable bonds is 8. The van der Waals surface area contributed by atoms with Crippen molar-refractivity contribution in [1.82, 2.24) is 20.3 Å². The summed E-state index contributed by atoms with van der Waals surface area (Å²) in [6, 6.07) is 18.6. The van der Waals surface area contributed by atoms with E-state index in [0.717, 1.165) is 11.1 Å². The highest BCUT2D eigenvalue weighted by Gasteiger charge is 2.35. The van der Waals surface area contributed by atoms with Gasteiger partial charge < -0.3 is 15.4 Å². The quantitative estimate of drug-likeness (QED) is 0.335. The number of amides is 2. The lowest BCUT2D eigenvalue weighted by atomic mass is 9.87. The highest BCUT2D eigenvalue weighted by molar-refractivity contribution is 6.09. The molecule has 8 nitrogen and oxygen atoms in total. The van der Waals surface area contributed by atoms with Crippen LogP contribution in [0.2, 0.25) is 0 Å². The normalized spacial score (nSPS) is 13.0. The number of aliphatic hydroxyl groups is 1. The number of hydrogen-bond acceptors (Lipinski definition) is 5. The molecule has 2 amide bonds. The number of pyridine rings is 1. The summed E-state index contributed by atoms with van der Waals surface area (Å²) in [5, 5.41) is 13.0. The number of aliphatic hydroxyl groups excluding tert-OH is 1. The average molecular weight is 498 g/mol. The number of carbonyl (C=O) groups is 2. The zero-order chi connectivity index (χ0) is 26.4. The second-order valence-electron chi connectivity index (χ2n) is 9.78. The van der Waals surface area contributed by atoms with Crippen LogP contribution in [0.4, 0.5) is 5.69 Å². The molecule has 2 aromatic heterocycles. The minimum Gasteiger partial charge on any atom is -0.394 e. The van der Waals surface area contributed by atoms with Crippen molar-refractivity contribution in [3.8, 4) is 0 Å². The van der Waals surface area contributed by atoms with Gasteiger partial charge in [0.05, 0.1) is 25.2 Å². The lowest BCUT2D eigenvalue weighted by Crippen LogP contribution is -2.45. The maximum absolute atomic E-state index is 13.9. The van der Waals surface area contributed by atoms with Crippen LogP contribution < -0.4 is 10.2 Å². The van der Waals surface area contributed by atoms with Crippen LogP contribution in [0.3, 0.4) is 0 Å². The Balaban J connectivity index is 1.80. The summed E-state index contributed by atoms with van der Waals surface area (Å²) >= 11 is 0. The second-order valence-corrected chi connectivity index (χ2v) is 9.78. The third-order valence-electron chi connectivity index (χ3n) is 6.17. The number of nitrogens with one attached hydrogen (secondary N) is 2. The first kappa shape index (κ1) is 25.8. The van der Waals surface area contributed by atoms with Crippen LogP contribution in [0.15, 0.2) is 91.6 Å². The summed E-state index contributed by atoms with van der Waals surface area (Å²) in [7, 11) is 0. The van der Waals surface area contributed by atoms with Crippen LogP contribution in [0.25, 0.3) is 0 Å². The molecule has 2 aromatic carbocycles. The lowest BCUT2D eigenvalue weighted by molar-refractivity contribution is -0.123. The molecule has 3 N–H and O–H groups in total. The van der Waals surface area contributed by atoms with Crippen molar-refractivity contribution >= 4 is 17.5 Å². The Morgan fingerprint density at radius 3 is 2.22 bits per heavy atom. The largest absolute Gasteiger partial charge is 0.394 e. The van der Waals surface area contributed by atoms with E-state index in [-0.39, 0.29) is 17.7 Å². The Bertz CT molecular complexity index is 1300. The topological polar surface area (TPSA) is 111 Å². The van der Waals surface area contributed by atoms with Crippen molar-refractivity contribution in [3.05, 3.63) is 114 Å². The van der Waals surface area contributed by atoms with Gasteiger partial charge in [-0.2, -0.15) is 0 Å². The van der Waals surface area contributed by atoms with Gasteiger partial charge >= 0.3 is 0 Å². The molecule has 0 aliphatic carbocycles. The molecule has 4 rings (SSSR count). The predicted octanol–water partition coefficient (Wildman–Crippen LogP) is 4.34. The number of aromatic nitrogens is 3. The van der Waals surface area contributed by atoms with Gasteiger partial charge in [-0.15, -0.1) is 0 Å². The van der Waals surface area contributed by atoms with Gasteiger partial charge in [0.25, 0.3) is 5.91 Å². The molecule has 0 aliphatic rings. The van der Waals surface area contributed by atoms with E-state index in [0.29, 0.717) is 11.3 Å². The molecule has 0 saturated heterocycles. The number of anilines is 1. The van der Waals surface area contributed by atoms with Crippen molar-refractivity contribution in [2.45, 2.75) is 38.3 Å². The van der Waals surface area contributed by atoms with Gasteiger partial charge in [-0.25, -0.2) is 4.98 Å². The molecule has 0 bridgehead atoms. The molecule has 0 radical (unpaired) electrons. The molecule has 4 aromatic rings. The Labute approximate surface area is 216 Å². The third kappa shape index (κ3) is 5.92. The Morgan fingerprint density at radius 2 is 1.65 bits per heavy atom. The Morgan fingerprint density at radius 1 is 0.946 bits per heavy atom. The molecule has 1 unspecified atom stereocenters. The van der Waals surface area contributed by atoms with Crippen LogP contribution in [0, 0.1) is 0 Å². The summed E-state index contributed by atoms with van der Waals surface area (Å²) < 4.78 is 0. The number of aromatic amines is 1. The maximum atomic E-state index is 13.9. The molecular weight excluding hydrogens is 466 g/mol. The van der Waals surface area contributed by atoms with Crippen molar-refractivity contribution < 1.29 is 14.7 Å². The minimum absolute atomic E-state index is 0.0824. The van der Waals surface area contributed by atoms with Crippen LogP contribution in [0.1, 0.15) is 60.0 Å². The van der Waals surface area contributed by atoms with Crippen molar-refractivity contribution in [1.29, 1.82) is 0 Å². The third-order valence-corrected chi connectivity index (χ3v) is 6.17.